The Labute approximate surface area is 236 Å². The minimum absolute atomic E-state index is 0.114. The number of rotatable bonds is 9. The van der Waals surface area contributed by atoms with Gasteiger partial charge >= 0.3 is 0 Å². The fourth-order valence-electron chi connectivity index (χ4n) is 4.16. The molecule has 204 valence electrons. The zero-order chi connectivity index (χ0) is 27.9. The first-order valence-corrected chi connectivity index (χ1v) is 13.0. The third kappa shape index (κ3) is 7.38. The van der Waals surface area contributed by atoms with E-state index in [1.54, 1.807) is 24.3 Å². The Bertz CT molecular complexity index is 1370. The lowest BCUT2D eigenvalue weighted by molar-refractivity contribution is -0.111. The number of aromatic nitrogens is 2. The molecule has 39 heavy (non-hydrogen) atoms. The first-order chi connectivity index (χ1) is 18.7. The van der Waals surface area contributed by atoms with Gasteiger partial charge in [-0.3, -0.25) is 19.5 Å². The fourth-order valence-corrected chi connectivity index (χ4v) is 4.73. The summed E-state index contributed by atoms with van der Waals surface area (Å²) in [6.07, 6.45) is 5.40. The second kappa shape index (κ2) is 12.8. The number of hydrogen-bond acceptors (Lipinski definition) is 6. The van der Waals surface area contributed by atoms with E-state index in [1.807, 2.05) is 43.3 Å². The molecule has 1 aliphatic heterocycles. The number of halogens is 2. The molecule has 4 rings (SSSR count). The molecule has 12 heteroatoms. The van der Waals surface area contributed by atoms with Gasteiger partial charge in [0.1, 0.15) is 5.69 Å². The van der Waals surface area contributed by atoms with Crippen LogP contribution in [-0.2, 0) is 4.79 Å². The average Bonchev–Trinajstić information content (AvgIpc) is 3.53. The predicted molar refractivity (Wildman–Crippen MR) is 154 cm³/mol. The van der Waals surface area contributed by atoms with Gasteiger partial charge in [0.15, 0.2) is 0 Å². The van der Waals surface area contributed by atoms with Crippen molar-refractivity contribution in [1.29, 1.82) is 0 Å². The molecule has 0 aliphatic carbocycles. The van der Waals surface area contributed by atoms with Crippen LogP contribution in [0.4, 0.5) is 17.1 Å². The Kier molecular flexibility index (Phi) is 9.23. The summed E-state index contributed by atoms with van der Waals surface area (Å²) in [5, 5.41) is 15.5. The van der Waals surface area contributed by atoms with Gasteiger partial charge in [-0.25, -0.2) is 0 Å². The standard InChI is InChI=1S/C27H29Cl2N7O3/c1-35(2)12-5-10-23(37)31-17-6-3-7-19(14-17)36-13-11-18(16-36)32-27(39)25-22(15-30-34-25)33-26(38)24-20(28)8-4-9-21(24)29/h3-10,14-15,18H,11-13,16H2,1-2H3,(H,30,34)(H,31,37)(H,32,39)(H,33,38). The van der Waals surface area contributed by atoms with E-state index in [2.05, 4.69) is 31.0 Å². The van der Waals surface area contributed by atoms with Gasteiger partial charge in [0.25, 0.3) is 11.8 Å². The summed E-state index contributed by atoms with van der Waals surface area (Å²) >= 11 is 12.3. The molecule has 0 bridgehead atoms. The number of benzene rings is 2. The molecule has 10 nitrogen and oxygen atoms in total. The van der Waals surface area contributed by atoms with Gasteiger partial charge in [0.2, 0.25) is 5.91 Å². The van der Waals surface area contributed by atoms with Crippen molar-refractivity contribution in [2.45, 2.75) is 12.5 Å². The van der Waals surface area contributed by atoms with E-state index in [1.165, 1.54) is 12.3 Å². The number of carbonyl (C=O) groups is 3. The van der Waals surface area contributed by atoms with Crippen molar-refractivity contribution >= 4 is 58.0 Å². The van der Waals surface area contributed by atoms with E-state index < -0.39 is 11.8 Å². The summed E-state index contributed by atoms with van der Waals surface area (Å²) in [7, 11) is 3.86. The molecule has 1 unspecified atom stereocenters. The highest BCUT2D eigenvalue weighted by molar-refractivity contribution is 6.40. The fraction of sp³-hybridized carbons (Fsp3) is 0.259. The lowest BCUT2D eigenvalue weighted by Crippen LogP contribution is -2.37. The topological polar surface area (TPSA) is 122 Å². The van der Waals surface area contributed by atoms with Gasteiger partial charge in [0.05, 0.1) is 27.5 Å². The molecule has 4 N–H and O–H groups in total. The second-order valence-corrected chi connectivity index (χ2v) is 10.1. The molecule has 1 atom stereocenters. The minimum atomic E-state index is -0.548. The van der Waals surface area contributed by atoms with Gasteiger partial charge in [-0.2, -0.15) is 5.10 Å². The molecule has 0 radical (unpaired) electrons. The number of aromatic amines is 1. The average molecular weight is 570 g/mol. The minimum Gasteiger partial charge on any atom is -0.369 e. The number of H-pyrrole nitrogens is 1. The maximum absolute atomic E-state index is 13.0. The van der Waals surface area contributed by atoms with Gasteiger partial charge in [0, 0.05) is 43.1 Å². The van der Waals surface area contributed by atoms with Crippen molar-refractivity contribution in [3.8, 4) is 0 Å². The van der Waals surface area contributed by atoms with Crippen molar-refractivity contribution in [2.75, 3.05) is 49.3 Å². The highest BCUT2D eigenvalue weighted by Gasteiger charge is 2.27. The summed E-state index contributed by atoms with van der Waals surface area (Å²) in [5.74, 6) is -1.14. The van der Waals surface area contributed by atoms with Gasteiger partial charge in [-0.05, 0) is 50.8 Å². The number of nitrogens with zero attached hydrogens (tertiary/aromatic N) is 3. The highest BCUT2D eigenvalue weighted by Crippen LogP contribution is 2.27. The molecular formula is C27H29Cl2N7O3. The maximum Gasteiger partial charge on any atom is 0.271 e. The van der Waals surface area contributed by atoms with E-state index in [9.17, 15) is 14.4 Å². The first kappa shape index (κ1) is 28.2. The lowest BCUT2D eigenvalue weighted by Gasteiger charge is -2.20. The van der Waals surface area contributed by atoms with Crippen LogP contribution in [0.15, 0.2) is 60.8 Å². The molecular weight excluding hydrogens is 541 g/mol. The number of carbonyl (C=O) groups excluding carboxylic acids is 3. The Morgan fingerprint density at radius 3 is 2.59 bits per heavy atom. The Morgan fingerprint density at radius 1 is 1.10 bits per heavy atom. The maximum atomic E-state index is 13.0. The van der Waals surface area contributed by atoms with Crippen LogP contribution >= 0.6 is 23.2 Å². The summed E-state index contributed by atoms with van der Waals surface area (Å²) in [6, 6.07) is 12.2. The molecule has 2 aromatic carbocycles. The predicted octanol–water partition coefficient (Wildman–Crippen LogP) is 4.03. The zero-order valence-electron chi connectivity index (χ0n) is 21.5. The van der Waals surface area contributed by atoms with Crippen LogP contribution < -0.4 is 20.9 Å². The number of likely N-dealkylation sites (N-methyl/N-ethyl adjacent to an activating group) is 1. The smallest absolute Gasteiger partial charge is 0.271 e. The number of amides is 3. The molecule has 0 spiro atoms. The van der Waals surface area contributed by atoms with Gasteiger partial charge in [-0.15, -0.1) is 0 Å². The van der Waals surface area contributed by atoms with E-state index in [4.69, 9.17) is 23.2 Å². The lowest BCUT2D eigenvalue weighted by atomic mass is 10.2. The van der Waals surface area contributed by atoms with Crippen LogP contribution in [0.5, 0.6) is 0 Å². The van der Waals surface area contributed by atoms with Gasteiger partial charge < -0.3 is 25.8 Å². The quantitative estimate of drug-likeness (QED) is 0.288. The number of hydrogen-bond donors (Lipinski definition) is 4. The second-order valence-electron chi connectivity index (χ2n) is 9.32. The largest absolute Gasteiger partial charge is 0.369 e. The van der Waals surface area contributed by atoms with Crippen LogP contribution in [0.2, 0.25) is 10.0 Å². The van der Waals surface area contributed by atoms with Crippen molar-refractivity contribution < 1.29 is 14.4 Å². The third-order valence-corrected chi connectivity index (χ3v) is 6.68. The van der Waals surface area contributed by atoms with Crippen molar-refractivity contribution in [1.82, 2.24) is 20.4 Å². The molecule has 0 saturated carbocycles. The molecule has 2 heterocycles. The van der Waals surface area contributed by atoms with Crippen LogP contribution in [0.25, 0.3) is 0 Å². The van der Waals surface area contributed by atoms with Crippen molar-refractivity contribution in [3.05, 3.63) is 82.1 Å². The molecule has 1 aliphatic rings. The van der Waals surface area contributed by atoms with Crippen LogP contribution in [0, 0.1) is 0 Å². The Hall–Kier alpha value is -3.86. The number of nitrogens with one attached hydrogen (secondary N) is 4. The molecule has 1 saturated heterocycles. The van der Waals surface area contributed by atoms with Crippen LogP contribution in [0.3, 0.4) is 0 Å². The van der Waals surface area contributed by atoms with Crippen LogP contribution in [0.1, 0.15) is 27.3 Å². The van der Waals surface area contributed by atoms with Crippen LogP contribution in [-0.4, -0.2) is 72.6 Å². The van der Waals surface area contributed by atoms with E-state index in [0.29, 0.717) is 18.8 Å². The Balaban J connectivity index is 1.34. The monoisotopic (exact) mass is 569 g/mol. The van der Waals surface area contributed by atoms with E-state index in [-0.39, 0.29) is 38.9 Å². The molecule has 1 aromatic heterocycles. The normalized spacial score (nSPS) is 15.1. The zero-order valence-corrected chi connectivity index (χ0v) is 23.0. The molecule has 3 aromatic rings. The van der Waals surface area contributed by atoms with E-state index in [0.717, 1.165) is 18.7 Å². The first-order valence-electron chi connectivity index (χ1n) is 12.3. The van der Waals surface area contributed by atoms with Crippen molar-refractivity contribution in [3.63, 3.8) is 0 Å². The van der Waals surface area contributed by atoms with E-state index >= 15 is 0 Å². The highest BCUT2D eigenvalue weighted by atomic mass is 35.5. The summed E-state index contributed by atoms with van der Waals surface area (Å²) in [4.78, 5) is 42.1. The summed E-state index contributed by atoms with van der Waals surface area (Å²) in [6.45, 7) is 1.98. The Morgan fingerprint density at radius 2 is 1.85 bits per heavy atom. The van der Waals surface area contributed by atoms with Gasteiger partial charge in [-0.1, -0.05) is 41.4 Å². The summed E-state index contributed by atoms with van der Waals surface area (Å²) < 4.78 is 0. The van der Waals surface area contributed by atoms with Crippen molar-refractivity contribution in [2.24, 2.45) is 0 Å². The summed E-state index contributed by atoms with van der Waals surface area (Å²) in [5.41, 5.74) is 2.08. The number of anilines is 3. The SMILES string of the molecule is CN(C)CC=CC(=O)Nc1cccc(N2CCC(NC(=O)c3[nH]ncc3NC(=O)c3c(Cl)cccc3Cl)C2)c1. The molecule has 3 amide bonds. The molecule has 1 fully saturated rings. The third-order valence-electron chi connectivity index (χ3n) is 6.05.